The summed E-state index contributed by atoms with van der Waals surface area (Å²) in [7, 11) is 0. The number of benzene rings is 3. The second kappa shape index (κ2) is 8.90. The molecule has 0 heterocycles. The number of esters is 1. The van der Waals surface area contributed by atoms with Crippen molar-refractivity contribution in [1.82, 2.24) is 0 Å². The summed E-state index contributed by atoms with van der Waals surface area (Å²) in [4.78, 5) is 12.3. The van der Waals surface area contributed by atoms with Gasteiger partial charge in [-0.15, -0.1) is 0 Å². The van der Waals surface area contributed by atoms with Gasteiger partial charge in [0.2, 0.25) is 0 Å². The molecule has 0 saturated carbocycles. The lowest BCUT2D eigenvalue weighted by Crippen LogP contribution is -2.10. The predicted octanol–water partition coefficient (Wildman–Crippen LogP) is 4.98. The maximum Gasteiger partial charge on any atom is 0.343 e. The van der Waals surface area contributed by atoms with Gasteiger partial charge in [0.25, 0.3) is 0 Å². The van der Waals surface area contributed by atoms with Gasteiger partial charge in [-0.25, -0.2) is 4.79 Å². The first-order valence-electron chi connectivity index (χ1n) is 8.82. The number of carbonyl (C=O) groups is 1. The molecule has 4 nitrogen and oxygen atoms in total. The molecule has 0 aliphatic heterocycles. The summed E-state index contributed by atoms with van der Waals surface area (Å²) in [6, 6.07) is 22.1. The van der Waals surface area contributed by atoms with Crippen molar-refractivity contribution in [3.05, 3.63) is 89.5 Å². The van der Waals surface area contributed by atoms with Gasteiger partial charge in [-0.05, 0) is 67.4 Å². The van der Waals surface area contributed by atoms with E-state index in [9.17, 15) is 4.79 Å². The van der Waals surface area contributed by atoms with Gasteiger partial charge in [0.05, 0.1) is 5.56 Å². The van der Waals surface area contributed by atoms with E-state index in [1.807, 2.05) is 56.3 Å². The third-order valence-corrected chi connectivity index (χ3v) is 4.21. The lowest BCUT2D eigenvalue weighted by atomic mass is 10.1. The molecule has 3 rings (SSSR count). The SMILES string of the molecule is Cc1cccc(OC(=O)c2ccc(OCCOc3ccccc3)cc2)c1C. The summed E-state index contributed by atoms with van der Waals surface area (Å²) in [5, 5.41) is 0. The van der Waals surface area contributed by atoms with Gasteiger partial charge >= 0.3 is 5.97 Å². The topological polar surface area (TPSA) is 44.8 Å². The van der Waals surface area contributed by atoms with Gasteiger partial charge in [0, 0.05) is 0 Å². The van der Waals surface area contributed by atoms with Crippen molar-refractivity contribution >= 4 is 5.97 Å². The van der Waals surface area contributed by atoms with Crippen LogP contribution < -0.4 is 14.2 Å². The van der Waals surface area contributed by atoms with Crippen LogP contribution in [0.2, 0.25) is 0 Å². The highest BCUT2D eigenvalue weighted by molar-refractivity contribution is 5.91. The molecular formula is C23H22O4. The molecule has 0 atom stereocenters. The van der Waals surface area contributed by atoms with Gasteiger partial charge in [0.15, 0.2) is 0 Å². The van der Waals surface area contributed by atoms with Gasteiger partial charge in [-0.2, -0.15) is 0 Å². The third kappa shape index (κ3) is 5.11. The molecule has 0 saturated heterocycles. The highest BCUT2D eigenvalue weighted by Crippen LogP contribution is 2.22. The summed E-state index contributed by atoms with van der Waals surface area (Å²) in [5.41, 5.74) is 2.52. The average Bonchev–Trinajstić information content (AvgIpc) is 2.70. The largest absolute Gasteiger partial charge is 0.490 e. The molecule has 0 aliphatic rings. The minimum Gasteiger partial charge on any atom is -0.490 e. The Kier molecular flexibility index (Phi) is 6.10. The standard InChI is InChI=1S/C23H22O4/c1-17-7-6-10-22(18(17)2)27-23(24)19-11-13-21(14-12-19)26-16-15-25-20-8-4-3-5-9-20/h3-14H,15-16H2,1-2H3. The number of hydrogen-bond acceptors (Lipinski definition) is 4. The van der Waals surface area contributed by atoms with Gasteiger partial charge < -0.3 is 14.2 Å². The fourth-order valence-electron chi connectivity index (χ4n) is 2.52. The Bertz CT molecular complexity index is 886. The second-order valence-corrected chi connectivity index (χ2v) is 6.12. The first-order chi connectivity index (χ1) is 13.1. The van der Waals surface area contributed by atoms with Crippen molar-refractivity contribution in [2.24, 2.45) is 0 Å². The van der Waals surface area contributed by atoms with Crippen LogP contribution in [0.4, 0.5) is 0 Å². The molecule has 0 aromatic heterocycles. The number of para-hydroxylation sites is 1. The lowest BCUT2D eigenvalue weighted by Gasteiger charge is -2.10. The number of ether oxygens (including phenoxy) is 3. The van der Waals surface area contributed by atoms with Crippen molar-refractivity contribution in [3.63, 3.8) is 0 Å². The lowest BCUT2D eigenvalue weighted by molar-refractivity contribution is 0.0733. The van der Waals surface area contributed by atoms with E-state index in [-0.39, 0.29) is 5.97 Å². The zero-order valence-electron chi connectivity index (χ0n) is 15.5. The van der Waals surface area contributed by atoms with Crippen LogP contribution in [0.3, 0.4) is 0 Å². The van der Waals surface area contributed by atoms with Crippen molar-refractivity contribution < 1.29 is 19.0 Å². The molecule has 3 aromatic carbocycles. The molecule has 0 N–H and O–H groups in total. The van der Waals surface area contributed by atoms with Crippen LogP contribution in [0, 0.1) is 13.8 Å². The van der Waals surface area contributed by atoms with Crippen molar-refractivity contribution in [3.8, 4) is 17.2 Å². The molecule has 0 unspecified atom stereocenters. The predicted molar refractivity (Wildman–Crippen MR) is 105 cm³/mol. The molecule has 0 aliphatic carbocycles. The zero-order valence-corrected chi connectivity index (χ0v) is 15.5. The van der Waals surface area contributed by atoms with E-state index < -0.39 is 0 Å². The Morgan fingerprint density at radius 1 is 0.741 bits per heavy atom. The quantitative estimate of drug-likeness (QED) is 0.338. The van der Waals surface area contributed by atoms with E-state index in [0.717, 1.165) is 16.9 Å². The maximum absolute atomic E-state index is 12.3. The smallest absolute Gasteiger partial charge is 0.343 e. The molecule has 3 aromatic rings. The number of carbonyl (C=O) groups excluding carboxylic acids is 1. The minimum atomic E-state index is -0.386. The second-order valence-electron chi connectivity index (χ2n) is 6.12. The highest BCUT2D eigenvalue weighted by Gasteiger charge is 2.11. The number of aryl methyl sites for hydroxylation is 1. The van der Waals surface area contributed by atoms with Crippen LogP contribution in [0.15, 0.2) is 72.8 Å². The van der Waals surface area contributed by atoms with Crippen LogP contribution >= 0.6 is 0 Å². The van der Waals surface area contributed by atoms with Crippen molar-refractivity contribution in [2.75, 3.05) is 13.2 Å². The molecule has 0 bridgehead atoms. The van der Waals surface area contributed by atoms with E-state index in [0.29, 0.717) is 30.3 Å². The first-order valence-corrected chi connectivity index (χ1v) is 8.82. The van der Waals surface area contributed by atoms with Crippen LogP contribution in [0.1, 0.15) is 21.5 Å². The normalized spacial score (nSPS) is 10.3. The average molecular weight is 362 g/mol. The molecule has 0 spiro atoms. The molecule has 0 radical (unpaired) electrons. The molecule has 27 heavy (non-hydrogen) atoms. The number of hydrogen-bond donors (Lipinski definition) is 0. The summed E-state index contributed by atoms with van der Waals surface area (Å²) in [6.45, 7) is 4.79. The van der Waals surface area contributed by atoms with Crippen LogP contribution in [0.25, 0.3) is 0 Å². The first kappa shape index (κ1) is 18.5. The monoisotopic (exact) mass is 362 g/mol. The van der Waals surface area contributed by atoms with E-state index >= 15 is 0 Å². The Hall–Kier alpha value is -3.27. The molecule has 138 valence electrons. The molecular weight excluding hydrogens is 340 g/mol. The highest BCUT2D eigenvalue weighted by atomic mass is 16.5. The summed E-state index contributed by atoms with van der Waals surface area (Å²) >= 11 is 0. The molecule has 0 fully saturated rings. The summed E-state index contributed by atoms with van der Waals surface area (Å²) in [6.07, 6.45) is 0. The Morgan fingerprint density at radius 2 is 1.37 bits per heavy atom. The summed E-state index contributed by atoms with van der Waals surface area (Å²) in [5.74, 6) is 1.68. The van der Waals surface area contributed by atoms with Gasteiger partial charge in [-0.3, -0.25) is 0 Å². The van der Waals surface area contributed by atoms with E-state index in [2.05, 4.69) is 0 Å². The molecule has 0 amide bonds. The van der Waals surface area contributed by atoms with Crippen molar-refractivity contribution in [1.29, 1.82) is 0 Å². The Labute approximate surface area is 159 Å². The van der Waals surface area contributed by atoms with E-state index in [1.54, 1.807) is 30.3 Å². The number of rotatable bonds is 7. The third-order valence-electron chi connectivity index (χ3n) is 4.21. The fourth-order valence-corrected chi connectivity index (χ4v) is 2.52. The van der Waals surface area contributed by atoms with Crippen LogP contribution in [0.5, 0.6) is 17.2 Å². The zero-order chi connectivity index (χ0) is 19.1. The van der Waals surface area contributed by atoms with E-state index in [1.165, 1.54) is 0 Å². The van der Waals surface area contributed by atoms with Gasteiger partial charge in [-0.1, -0.05) is 30.3 Å². The fraction of sp³-hybridized carbons (Fsp3) is 0.174. The minimum absolute atomic E-state index is 0.386. The van der Waals surface area contributed by atoms with Crippen molar-refractivity contribution in [2.45, 2.75) is 13.8 Å². The van der Waals surface area contributed by atoms with Gasteiger partial charge in [0.1, 0.15) is 30.5 Å². The van der Waals surface area contributed by atoms with Crippen LogP contribution in [-0.2, 0) is 0 Å². The summed E-state index contributed by atoms with van der Waals surface area (Å²) < 4.78 is 16.7. The maximum atomic E-state index is 12.3. The Morgan fingerprint density at radius 3 is 2.04 bits per heavy atom. The Balaban J connectivity index is 1.50. The molecule has 4 heteroatoms. The van der Waals surface area contributed by atoms with Crippen LogP contribution in [-0.4, -0.2) is 19.2 Å². The van der Waals surface area contributed by atoms with E-state index in [4.69, 9.17) is 14.2 Å².